The van der Waals surface area contributed by atoms with Gasteiger partial charge in [-0.2, -0.15) is 0 Å². The third-order valence-corrected chi connectivity index (χ3v) is 7.99. The maximum absolute atomic E-state index is 11.8. The number of aromatic nitrogens is 1. The summed E-state index contributed by atoms with van der Waals surface area (Å²) in [6, 6.07) is 10.9. The first-order chi connectivity index (χ1) is 11.6. The van der Waals surface area contributed by atoms with E-state index in [0.29, 0.717) is 12.4 Å². The lowest BCUT2D eigenvalue weighted by molar-refractivity contribution is -0.694. The van der Waals surface area contributed by atoms with Crippen LogP contribution in [0.1, 0.15) is 6.92 Å². The Labute approximate surface area is 146 Å². The van der Waals surface area contributed by atoms with Gasteiger partial charge in [-0.05, 0) is 30.7 Å². The second kappa shape index (κ2) is 7.81. The third kappa shape index (κ3) is 5.50. The van der Waals surface area contributed by atoms with Crippen LogP contribution in [0.5, 0.6) is 5.75 Å². The number of nitrogens with zero attached hydrogens (tertiary/aromatic N) is 1. The van der Waals surface area contributed by atoms with Gasteiger partial charge in [0.1, 0.15) is 5.75 Å². The lowest BCUT2D eigenvalue weighted by Gasteiger charge is -2.26. The predicted molar refractivity (Wildman–Crippen MR) is 92.6 cm³/mol. The summed E-state index contributed by atoms with van der Waals surface area (Å²) in [4.78, 5) is 30.4. The first kappa shape index (κ1) is 19.8. The predicted octanol–water partition coefficient (Wildman–Crippen LogP) is 1.81. The summed E-state index contributed by atoms with van der Waals surface area (Å²) in [5.41, 5.74) is 1.64. The van der Waals surface area contributed by atoms with Gasteiger partial charge in [0.2, 0.25) is 7.37 Å². The molecule has 9 heteroatoms. The summed E-state index contributed by atoms with van der Waals surface area (Å²) in [6.07, 6.45) is 3.23. The van der Waals surface area contributed by atoms with E-state index >= 15 is 0 Å². The monoisotopic (exact) mass is 385 g/mol. The van der Waals surface area contributed by atoms with Crippen LogP contribution >= 0.6 is 15.0 Å². The number of ether oxygens (including phenoxy) is 1. The molecule has 0 spiro atoms. The molecule has 0 radical (unpaired) electrons. The van der Waals surface area contributed by atoms with E-state index in [9.17, 15) is 23.8 Å². The minimum Gasteiger partial charge on any atom is -0.778 e. The second-order valence-electron chi connectivity index (χ2n) is 5.74. The molecule has 1 aromatic carbocycles. The van der Waals surface area contributed by atoms with Gasteiger partial charge in [-0.15, -0.1) is 0 Å². The van der Waals surface area contributed by atoms with Gasteiger partial charge in [-0.1, -0.05) is 12.1 Å². The van der Waals surface area contributed by atoms with Crippen molar-refractivity contribution < 1.29 is 33.1 Å². The molecule has 7 nitrogen and oxygen atoms in total. The zero-order chi connectivity index (χ0) is 18.7. The molecule has 2 rings (SSSR count). The number of hydrogen-bond donors (Lipinski definition) is 2. The van der Waals surface area contributed by atoms with Crippen LogP contribution in [0.2, 0.25) is 0 Å². The van der Waals surface area contributed by atoms with E-state index in [0.717, 1.165) is 17.8 Å². The zero-order valence-corrected chi connectivity index (χ0v) is 15.8. The summed E-state index contributed by atoms with van der Waals surface area (Å²) in [7, 11) is -9.00. The standard InChI is InChI=1S/C16H21NO6P2/c1-3-23-15-8-4-6-13(10-15)14-7-5-9-17(11-14)12-16(24(2,18)19)25(20,21)22/h4-11,16H,3,12H2,1-2H3,(H2-,18,19,20,21,22). The van der Waals surface area contributed by atoms with E-state index in [1.165, 1.54) is 4.57 Å². The summed E-state index contributed by atoms with van der Waals surface area (Å²) in [5.74, 6) is 0.709. The van der Waals surface area contributed by atoms with Crippen molar-refractivity contribution in [3.05, 3.63) is 48.8 Å². The molecule has 0 bridgehead atoms. The molecule has 0 aliphatic carbocycles. The van der Waals surface area contributed by atoms with Crippen LogP contribution in [0.3, 0.4) is 0 Å². The van der Waals surface area contributed by atoms with Crippen molar-refractivity contribution in [3.63, 3.8) is 0 Å². The van der Waals surface area contributed by atoms with Crippen molar-refractivity contribution in [2.75, 3.05) is 13.3 Å². The van der Waals surface area contributed by atoms with Crippen molar-refractivity contribution in [2.24, 2.45) is 0 Å². The zero-order valence-electron chi connectivity index (χ0n) is 14.0. The van der Waals surface area contributed by atoms with Crippen LogP contribution in [0.4, 0.5) is 0 Å². The number of pyridine rings is 1. The van der Waals surface area contributed by atoms with Crippen molar-refractivity contribution in [1.82, 2.24) is 0 Å². The Morgan fingerprint density at radius 1 is 1.20 bits per heavy atom. The Hall–Kier alpha value is -1.49. The van der Waals surface area contributed by atoms with Crippen molar-refractivity contribution >= 4 is 15.0 Å². The number of rotatable bonds is 7. The minimum absolute atomic E-state index is 0.319. The van der Waals surface area contributed by atoms with Gasteiger partial charge in [0.05, 0.1) is 6.61 Å². The lowest BCUT2D eigenvalue weighted by atomic mass is 10.1. The third-order valence-electron chi connectivity index (χ3n) is 3.64. The fourth-order valence-electron chi connectivity index (χ4n) is 2.45. The van der Waals surface area contributed by atoms with Crippen molar-refractivity contribution in [3.8, 4) is 16.9 Å². The molecule has 0 fully saturated rings. The van der Waals surface area contributed by atoms with Crippen LogP contribution in [0.15, 0.2) is 48.8 Å². The van der Waals surface area contributed by atoms with E-state index in [1.54, 1.807) is 18.5 Å². The van der Waals surface area contributed by atoms with Crippen LogP contribution in [0.25, 0.3) is 11.1 Å². The van der Waals surface area contributed by atoms with Gasteiger partial charge >= 0.3 is 0 Å². The fraction of sp³-hybridized carbons (Fsp3) is 0.312. The molecule has 3 unspecified atom stereocenters. The molecule has 1 heterocycles. The number of hydrogen-bond acceptors (Lipinski definition) is 4. The van der Waals surface area contributed by atoms with E-state index in [4.69, 9.17) is 4.74 Å². The van der Waals surface area contributed by atoms with Gasteiger partial charge in [0.25, 0.3) is 0 Å². The van der Waals surface area contributed by atoms with Crippen LogP contribution in [-0.4, -0.2) is 28.5 Å². The molecule has 1 aromatic heterocycles. The minimum atomic E-state index is -4.97. The van der Waals surface area contributed by atoms with Gasteiger partial charge in [-0.3, -0.25) is 4.57 Å². The molecular formula is C16H21NO6P2. The maximum atomic E-state index is 11.8. The molecule has 25 heavy (non-hydrogen) atoms. The lowest BCUT2D eigenvalue weighted by Crippen LogP contribution is -2.40. The topological polar surface area (TPSA) is 111 Å². The smallest absolute Gasteiger partial charge is 0.215 e. The highest BCUT2D eigenvalue weighted by molar-refractivity contribution is 7.72. The first-order valence-corrected chi connectivity index (χ1v) is 11.5. The molecule has 3 atom stereocenters. The average Bonchev–Trinajstić information content (AvgIpc) is 2.51. The second-order valence-corrected chi connectivity index (χ2v) is 10.4. The molecule has 136 valence electrons. The average molecular weight is 385 g/mol. The van der Waals surface area contributed by atoms with Gasteiger partial charge in [-0.25, -0.2) is 4.57 Å². The summed E-state index contributed by atoms with van der Waals surface area (Å²) in [6.45, 7) is 3.03. The van der Waals surface area contributed by atoms with Crippen LogP contribution in [0, 0.1) is 0 Å². The highest BCUT2D eigenvalue weighted by atomic mass is 31.2. The van der Waals surface area contributed by atoms with E-state index < -0.39 is 20.4 Å². The van der Waals surface area contributed by atoms with Crippen molar-refractivity contribution in [1.29, 1.82) is 0 Å². The largest absolute Gasteiger partial charge is 0.778 e. The molecule has 2 aromatic rings. The Kier molecular flexibility index (Phi) is 6.20. The van der Waals surface area contributed by atoms with Crippen LogP contribution in [-0.2, 0) is 15.7 Å². The highest BCUT2D eigenvalue weighted by Gasteiger charge is 2.37. The van der Waals surface area contributed by atoms with Gasteiger partial charge in [0, 0.05) is 18.3 Å². The quantitative estimate of drug-likeness (QED) is 0.556. The Balaban J connectivity index is 2.34. The number of benzene rings is 1. The van der Waals surface area contributed by atoms with Crippen LogP contribution < -0.4 is 14.2 Å². The summed E-state index contributed by atoms with van der Waals surface area (Å²) < 4.78 is 30.2. The molecule has 0 aliphatic rings. The maximum Gasteiger partial charge on any atom is 0.215 e. The Morgan fingerprint density at radius 2 is 1.88 bits per heavy atom. The van der Waals surface area contributed by atoms with Gasteiger partial charge in [0.15, 0.2) is 31.9 Å². The molecule has 0 saturated carbocycles. The molecule has 0 saturated heterocycles. The Bertz CT molecular complexity index is 807. The van der Waals surface area contributed by atoms with Gasteiger partial charge < -0.3 is 24.0 Å². The van der Waals surface area contributed by atoms with E-state index in [-0.39, 0.29) is 6.54 Å². The Morgan fingerprint density at radius 3 is 2.48 bits per heavy atom. The van der Waals surface area contributed by atoms with E-state index in [2.05, 4.69) is 0 Å². The fourth-order valence-corrected chi connectivity index (χ4v) is 5.50. The molecule has 0 amide bonds. The summed E-state index contributed by atoms with van der Waals surface area (Å²) in [5, 5.41) is -1.75. The molecule has 0 aliphatic heterocycles. The SMILES string of the molecule is CCOc1cccc(-c2ccc[n+](CC(P(C)(=O)O)P(=O)([O-])O)c2)c1. The first-order valence-electron chi connectivity index (χ1n) is 7.67. The normalized spacial score (nSPS) is 17.3. The highest BCUT2D eigenvalue weighted by Crippen LogP contribution is 2.57. The van der Waals surface area contributed by atoms with Crippen molar-refractivity contribution in [2.45, 2.75) is 18.9 Å². The molecule has 2 N–H and O–H groups in total. The molecular weight excluding hydrogens is 364 g/mol. The summed E-state index contributed by atoms with van der Waals surface area (Å²) >= 11 is 0. The van der Waals surface area contributed by atoms with E-state index in [1.807, 2.05) is 37.3 Å².